The zero-order chi connectivity index (χ0) is 4.99. The number of allylic oxidation sites excluding steroid dienone is 1. The Morgan fingerprint density at radius 1 is 1.67 bits per heavy atom. The Kier molecular flexibility index (Phi) is 3.89. The zero-order valence-corrected chi connectivity index (χ0v) is 5.66. The van der Waals surface area contributed by atoms with Crippen molar-refractivity contribution >= 4 is 21.6 Å². The van der Waals surface area contributed by atoms with Gasteiger partial charge in [0.1, 0.15) is 0 Å². The average Bonchev–Trinajstić information content (AvgIpc) is 1.35. The maximum absolute atomic E-state index is 3.69. The van der Waals surface area contributed by atoms with E-state index in [2.05, 4.69) is 6.58 Å². The molecule has 0 fully saturated rings. The quantitative estimate of drug-likeness (QED) is 0.514. The molecule has 0 nitrogen and oxygen atoms in total. The van der Waals surface area contributed by atoms with E-state index >= 15 is 0 Å². The lowest BCUT2D eigenvalue weighted by molar-refractivity contribution is 1.74. The molecule has 0 radical (unpaired) electrons. The summed E-state index contributed by atoms with van der Waals surface area (Å²) in [5.74, 6) is 0. The molecule has 0 spiro atoms. The molecule has 0 aliphatic carbocycles. The van der Waals surface area contributed by atoms with Crippen LogP contribution in [0.5, 0.6) is 0 Å². The molecule has 36 valence electrons. The predicted octanol–water partition coefficient (Wildman–Crippen LogP) is 2.53. The Labute approximate surface area is 46.8 Å². The second-order valence-corrected chi connectivity index (χ2v) is 3.65. The van der Waals surface area contributed by atoms with Gasteiger partial charge in [0.05, 0.1) is 0 Å². The molecular formula is C4H8S2. The van der Waals surface area contributed by atoms with Crippen LogP contribution in [0.3, 0.4) is 0 Å². The lowest BCUT2D eigenvalue weighted by Gasteiger charge is -1.86. The molecule has 0 bridgehead atoms. The van der Waals surface area contributed by atoms with E-state index in [-0.39, 0.29) is 0 Å². The van der Waals surface area contributed by atoms with E-state index in [0.717, 1.165) is 0 Å². The summed E-state index contributed by atoms with van der Waals surface area (Å²) >= 11 is 0. The van der Waals surface area contributed by atoms with Crippen molar-refractivity contribution in [3.8, 4) is 0 Å². The normalized spacial score (nSPS) is 8.33. The van der Waals surface area contributed by atoms with Crippen LogP contribution in [-0.4, -0.2) is 6.26 Å². The van der Waals surface area contributed by atoms with Gasteiger partial charge in [0.25, 0.3) is 0 Å². The molecule has 0 aliphatic rings. The summed E-state index contributed by atoms with van der Waals surface area (Å²) in [6.45, 7) is 5.69. The Morgan fingerprint density at radius 3 is 2.17 bits per heavy atom. The topological polar surface area (TPSA) is 0 Å². The highest BCUT2D eigenvalue weighted by Gasteiger charge is 1.77. The lowest BCUT2D eigenvalue weighted by Crippen LogP contribution is -1.48. The minimum atomic E-state index is 1.17. The van der Waals surface area contributed by atoms with E-state index < -0.39 is 0 Å². The minimum Gasteiger partial charge on any atom is -0.0927 e. The monoisotopic (exact) mass is 120 g/mol. The third-order valence-electron chi connectivity index (χ3n) is 0.226. The van der Waals surface area contributed by atoms with Crippen molar-refractivity contribution in [2.24, 2.45) is 0 Å². The summed E-state index contributed by atoms with van der Waals surface area (Å²) in [4.78, 5) is 1.17. The summed E-state index contributed by atoms with van der Waals surface area (Å²) in [6, 6.07) is 0. The first-order valence-corrected chi connectivity index (χ1v) is 4.19. The smallest absolute Gasteiger partial charge is 0.00758 e. The van der Waals surface area contributed by atoms with Crippen molar-refractivity contribution < 1.29 is 0 Å². The summed E-state index contributed by atoms with van der Waals surface area (Å²) < 4.78 is 0. The summed E-state index contributed by atoms with van der Waals surface area (Å²) in [5.41, 5.74) is 0. The molecule has 0 aromatic carbocycles. The summed E-state index contributed by atoms with van der Waals surface area (Å²) in [5, 5.41) is 0. The first kappa shape index (κ1) is 6.44. The number of rotatable bonds is 2. The van der Waals surface area contributed by atoms with Crippen molar-refractivity contribution in [2.75, 3.05) is 6.26 Å². The van der Waals surface area contributed by atoms with Gasteiger partial charge < -0.3 is 0 Å². The van der Waals surface area contributed by atoms with Gasteiger partial charge >= 0.3 is 0 Å². The van der Waals surface area contributed by atoms with Crippen LogP contribution in [0.1, 0.15) is 6.92 Å². The van der Waals surface area contributed by atoms with Gasteiger partial charge in [0.15, 0.2) is 0 Å². The van der Waals surface area contributed by atoms with E-state index in [4.69, 9.17) is 0 Å². The van der Waals surface area contributed by atoms with Gasteiger partial charge in [-0.3, -0.25) is 0 Å². The third-order valence-corrected chi connectivity index (χ3v) is 2.03. The zero-order valence-electron chi connectivity index (χ0n) is 4.02. The van der Waals surface area contributed by atoms with Crippen molar-refractivity contribution in [3.05, 3.63) is 11.5 Å². The van der Waals surface area contributed by atoms with E-state index in [1.807, 2.05) is 13.2 Å². The fourth-order valence-electron chi connectivity index (χ4n) is 0.142. The molecule has 2 heteroatoms. The molecule has 0 unspecified atom stereocenters. The first-order chi connectivity index (χ1) is 2.77. The highest BCUT2D eigenvalue weighted by atomic mass is 33.1. The van der Waals surface area contributed by atoms with Crippen molar-refractivity contribution in [2.45, 2.75) is 6.92 Å². The van der Waals surface area contributed by atoms with E-state index in [9.17, 15) is 0 Å². The fourth-order valence-corrected chi connectivity index (χ4v) is 1.28. The van der Waals surface area contributed by atoms with Gasteiger partial charge in [-0.1, -0.05) is 28.2 Å². The molecule has 0 saturated carbocycles. The Bertz CT molecular complexity index is 49.5. The van der Waals surface area contributed by atoms with E-state index in [1.165, 1.54) is 4.91 Å². The Balaban J connectivity index is 2.83. The van der Waals surface area contributed by atoms with E-state index in [1.54, 1.807) is 21.6 Å². The number of hydrogen-bond acceptors (Lipinski definition) is 2. The lowest BCUT2D eigenvalue weighted by atomic mass is 10.8. The first-order valence-electron chi connectivity index (χ1n) is 1.63. The molecule has 0 aromatic rings. The number of hydrogen-bond donors (Lipinski definition) is 0. The van der Waals surface area contributed by atoms with Crippen LogP contribution in [0.15, 0.2) is 11.5 Å². The fraction of sp³-hybridized carbons (Fsp3) is 0.500. The van der Waals surface area contributed by atoms with Crippen LogP contribution in [-0.2, 0) is 0 Å². The van der Waals surface area contributed by atoms with Crippen LogP contribution < -0.4 is 0 Å². The SMILES string of the molecule is C=C(C)SSC. The van der Waals surface area contributed by atoms with Crippen molar-refractivity contribution in [1.82, 2.24) is 0 Å². The highest BCUT2D eigenvalue weighted by molar-refractivity contribution is 8.77. The van der Waals surface area contributed by atoms with Gasteiger partial charge in [0, 0.05) is 0 Å². The highest BCUT2D eigenvalue weighted by Crippen LogP contribution is 2.24. The van der Waals surface area contributed by atoms with Crippen LogP contribution >= 0.6 is 21.6 Å². The molecule has 0 aliphatic heterocycles. The molecule has 0 rings (SSSR count). The van der Waals surface area contributed by atoms with Crippen LogP contribution in [0, 0.1) is 0 Å². The van der Waals surface area contributed by atoms with Gasteiger partial charge in [0.2, 0.25) is 0 Å². The van der Waals surface area contributed by atoms with Crippen LogP contribution in [0.2, 0.25) is 0 Å². The Hall–Kier alpha value is 0.440. The third kappa shape index (κ3) is 4.44. The van der Waals surface area contributed by atoms with E-state index in [0.29, 0.717) is 0 Å². The summed E-state index contributed by atoms with van der Waals surface area (Å²) in [6.07, 6.45) is 2.04. The van der Waals surface area contributed by atoms with Gasteiger partial charge in [-0.2, -0.15) is 0 Å². The van der Waals surface area contributed by atoms with Crippen molar-refractivity contribution in [3.63, 3.8) is 0 Å². The van der Waals surface area contributed by atoms with Crippen LogP contribution in [0.4, 0.5) is 0 Å². The minimum absolute atomic E-state index is 1.17. The van der Waals surface area contributed by atoms with Crippen molar-refractivity contribution in [1.29, 1.82) is 0 Å². The standard InChI is InChI=1S/C4H8S2/c1-4(2)6-5-3/h1H2,2-3H3. The Morgan fingerprint density at radius 2 is 2.17 bits per heavy atom. The molecular weight excluding hydrogens is 112 g/mol. The molecule has 0 aromatic heterocycles. The molecule has 0 N–H and O–H groups in total. The second-order valence-electron chi connectivity index (χ2n) is 0.952. The molecule has 0 amide bonds. The maximum atomic E-state index is 3.69. The molecule has 0 saturated heterocycles. The van der Waals surface area contributed by atoms with Gasteiger partial charge in [-0.25, -0.2) is 0 Å². The predicted molar refractivity (Wildman–Crippen MR) is 35.9 cm³/mol. The summed E-state index contributed by atoms with van der Waals surface area (Å²) in [7, 11) is 3.44. The van der Waals surface area contributed by atoms with Gasteiger partial charge in [-0.15, -0.1) is 0 Å². The molecule has 0 atom stereocenters. The van der Waals surface area contributed by atoms with Gasteiger partial charge in [-0.05, 0) is 18.1 Å². The maximum Gasteiger partial charge on any atom is -0.00758 e. The molecule has 0 heterocycles. The molecule has 6 heavy (non-hydrogen) atoms. The second kappa shape index (κ2) is 3.62. The average molecular weight is 120 g/mol. The largest absolute Gasteiger partial charge is 0.0927 e. The van der Waals surface area contributed by atoms with Crippen LogP contribution in [0.25, 0.3) is 0 Å².